The van der Waals surface area contributed by atoms with Gasteiger partial charge in [0.1, 0.15) is 0 Å². The number of ether oxygens (including phenoxy) is 1. The molecule has 2 heterocycles. The van der Waals surface area contributed by atoms with Crippen molar-refractivity contribution in [1.82, 2.24) is 15.0 Å². The minimum Gasteiger partial charge on any atom is -0.376 e. The van der Waals surface area contributed by atoms with Gasteiger partial charge in [-0.25, -0.2) is 4.68 Å². The highest BCUT2D eigenvalue weighted by atomic mass is 16.5. The van der Waals surface area contributed by atoms with Crippen LogP contribution in [0, 0.1) is 0 Å². The van der Waals surface area contributed by atoms with Crippen LogP contribution in [0.5, 0.6) is 0 Å². The van der Waals surface area contributed by atoms with Gasteiger partial charge < -0.3 is 10.5 Å². The van der Waals surface area contributed by atoms with Gasteiger partial charge in [-0.3, -0.25) is 0 Å². The summed E-state index contributed by atoms with van der Waals surface area (Å²) in [5, 5.41) is 8.17. The van der Waals surface area contributed by atoms with Gasteiger partial charge in [0.25, 0.3) is 0 Å². The highest BCUT2D eigenvalue weighted by Gasteiger charge is 2.16. The van der Waals surface area contributed by atoms with E-state index in [2.05, 4.69) is 10.3 Å². The van der Waals surface area contributed by atoms with Gasteiger partial charge in [-0.15, -0.1) is 5.10 Å². The molecule has 0 radical (unpaired) electrons. The molecule has 2 unspecified atom stereocenters. The predicted molar refractivity (Wildman–Crippen MR) is 60.8 cm³/mol. The second-order valence-corrected chi connectivity index (χ2v) is 4.37. The summed E-state index contributed by atoms with van der Waals surface area (Å²) in [7, 11) is 0. The van der Waals surface area contributed by atoms with Gasteiger partial charge in [0.05, 0.1) is 30.6 Å². The third-order valence-electron chi connectivity index (χ3n) is 3.04. The Kier molecular flexibility index (Phi) is 3.90. The van der Waals surface area contributed by atoms with E-state index in [1.807, 2.05) is 17.8 Å². The normalized spacial score (nSPS) is 23.2. The molecule has 0 saturated carbocycles. The van der Waals surface area contributed by atoms with Gasteiger partial charge in [-0.2, -0.15) is 0 Å². The third-order valence-corrected chi connectivity index (χ3v) is 3.04. The molecule has 2 atom stereocenters. The summed E-state index contributed by atoms with van der Waals surface area (Å²) in [4.78, 5) is 0. The van der Waals surface area contributed by atoms with E-state index in [9.17, 15) is 0 Å². The van der Waals surface area contributed by atoms with Gasteiger partial charge in [0.15, 0.2) is 0 Å². The Labute approximate surface area is 96.0 Å². The average Bonchev–Trinajstić information content (AvgIpc) is 2.78. The Morgan fingerprint density at radius 2 is 2.50 bits per heavy atom. The minimum atomic E-state index is 0.000948. The minimum absolute atomic E-state index is 0.000948. The Morgan fingerprint density at radius 3 is 3.19 bits per heavy atom. The fourth-order valence-electron chi connectivity index (χ4n) is 1.94. The molecule has 1 aromatic heterocycles. The first-order valence-corrected chi connectivity index (χ1v) is 6.06. The molecule has 1 aliphatic rings. The number of nitrogens with zero attached hydrogens (tertiary/aromatic N) is 3. The smallest absolute Gasteiger partial charge is 0.0994 e. The van der Waals surface area contributed by atoms with Crippen LogP contribution in [0.15, 0.2) is 6.20 Å². The lowest BCUT2D eigenvalue weighted by Gasteiger charge is -2.21. The molecule has 0 aliphatic carbocycles. The molecule has 1 saturated heterocycles. The lowest BCUT2D eigenvalue weighted by Crippen LogP contribution is -2.24. The van der Waals surface area contributed by atoms with E-state index in [0.29, 0.717) is 6.10 Å². The van der Waals surface area contributed by atoms with Gasteiger partial charge >= 0.3 is 0 Å². The molecule has 1 aromatic rings. The molecule has 16 heavy (non-hydrogen) atoms. The molecule has 90 valence electrons. The van der Waals surface area contributed by atoms with Crippen molar-refractivity contribution in [3.63, 3.8) is 0 Å². The Bertz CT molecular complexity index is 320. The number of hydrogen-bond acceptors (Lipinski definition) is 4. The largest absolute Gasteiger partial charge is 0.376 e. The van der Waals surface area contributed by atoms with Crippen molar-refractivity contribution in [3.8, 4) is 0 Å². The van der Waals surface area contributed by atoms with Gasteiger partial charge in [-0.1, -0.05) is 12.1 Å². The summed E-state index contributed by atoms with van der Waals surface area (Å²) >= 11 is 0. The second kappa shape index (κ2) is 5.41. The van der Waals surface area contributed by atoms with Crippen molar-refractivity contribution in [3.05, 3.63) is 11.9 Å². The van der Waals surface area contributed by atoms with Crippen LogP contribution in [0.4, 0.5) is 0 Å². The van der Waals surface area contributed by atoms with Crippen LogP contribution >= 0.6 is 0 Å². The van der Waals surface area contributed by atoms with Crippen LogP contribution in [0.3, 0.4) is 0 Å². The van der Waals surface area contributed by atoms with Crippen molar-refractivity contribution >= 4 is 0 Å². The highest BCUT2D eigenvalue weighted by Crippen LogP contribution is 2.15. The van der Waals surface area contributed by atoms with Crippen molar-refractivity contribution in [1.29, 1.82) is 0 Å². The zero-order chi connectivity index (χ0) is 11.4. The number of nitrogens with two attached hydrogens (primary N) is 1. The molecule has 1 aliphatic heterocycles. The zero-order valence-electron chi connectivity index (χ0n) is 9.80. The van der Waals surface area contributed by atoms with Gasteiger partial charge in [0.2, 0.25) is 0 Å². The fourth-order valence-corrected chi connectivity index (χ4v) is 1.94. The lowest BCUT2D eigenvalue weighted by molar-refractivity contribution is 0.00369. The molecule has 0 bridgehead atoms. The van der Waals surface area contributed by atoms with Crippen LogP contribution in [0.1, 0.15) is 44.3 Å². The van der Waals surface area contributed by atoms with E-state index in [-0.39, 0.29) is 6.04 Å². The van der Waals surface area contributed by atoms with Crippen molar-refractivity contribution in [2.45, 2.75) is 51.3 Å². The second-order valence-electron chi connectivity index (χ2n) is 4.37. The highest BCUT2D eigenvalue weighted by molar-refractivity contribution is 4.98. The van der Waals surface area contributed by atoms with Crippen LogP contribution in [0.2, 0.25) is 0 Å². The van der Waals surface area contributed by atoms with Crippen molar-refractivity contribution in [2.75, 3.05) is 6.61 Å². The van der Waals surface area contributed by atoms with E-state index in [0.717, 1.165) is 31.7 Å². The first kappa shape index (κ1) is 11.5. The summed E-state index contributed by atoms with van der Waals surface area (Å²) < 4.78 is 7.51. The quantitative estimate of drug-likeness (QED) is 0.836. The molecule has 1 fully saturated rings. The molecule has 0 spiro atoms. The Balaban J connectivity index is 1.91. The molecular formula is C11H20N4O. The van der Waals surface area contributed by atoms with Gasteiger partial charge in [-0.05, 0) is 25.7 Å². The summed E-state index contributed by atoms with van der Waals surface area (Å²) in [6, 6.07) is 0.000948. The average molecular weight is 224 g/mol. The van der Waals surface area contributed by atoms with Crippen LogP contribution < -0.4 is 5.73 Å². The standard InChI is InChI=1S/C11H20N4O/c1-2-10(12)11-8-15(14-13-11)7-9-5-3-4-6-16-9/h8-10H,2-7,12H2,1H3. The zero-order valence-corrected chi connectivity index (χ0v) is 9.80. The van der Waals surface area contributed by atoms with E-state index in [4.69, 9.17) is 10.5 Å². The summed E-state index contributed by atoms with van der Waals surface area (Å²) in [6.07, 6.45) is 6.67. The summed E-state index contributed by atoms with van der Waals surface area (Å²) in [5.41, 5.74) is 6.77. The molecule has 0 aromatic carbocycles. The van der Waals surface area contributed by atoms with E-state index in [1.54, 1.807) is 0 Å². The molecule has 5 nitrogen and oxygen atoms in total. The molecule has 5 heteroatoms. The van der Waals surface area contributed by atoms with Crippen molar-refractivity contribution in [2.24, 2.45) is 5.73 Å². The maximum atomic E-state index is 5.89. The first-order valence-electron chi connectivity index (χ1n) is 6.06. The molecular weight excluding hydrogens is 204 g/mol. The van der Waals surface area contributed by atoms with Crippen molar-refractivity contribution < 1.29 is 4.74 Å². The Morgan fingerprint density at radius 1 is 1.62 bits per heavy atom. The molecule has 2 N–H and O–H groups in total. The van der Waals surface area contributed by atoms with Gasteiger partial charge in [0, 0.05) is 6.61 Å². The first-order chi connectivity index (χ1) is 7.79. The third kappa shape index (κ3) is 2.80. The number of hydrogen-bond donors (Lipinski definition) is 1. The van der Waals surface area contributed by atoms with E-state index in [1.165, 1.54) is 12.8 Å². The predicted octanol–water partition coefficient (Wildman–Crippen LogP) is 1.26. The maximum Gasteiger partial charge on any atom is 0.0994 e. The van der Waals surface area contributed by atoms with Crippen LogP contribution in [-0.2, 0) is 11.3 Å². The maximum absolute atomic E-state index is 5.89. The number of aromatic nitrogens is 3. The number of rotatable bonds is 4. The summed E-state index contributed by atoms with van der Waals surface area (Å²) in [5.74, 6) is 0. The topological polar surface area (TPSA) is 66.0 Å². The fraction of sp³-hybridized carbons (Fsp3) is 0.818. The molecule has 0 amide bonds. The van der Waals surface area contributed by atoms with Crippen LogP contribution in [-0.4, -0.2) is 27.7 Å². The van der Waals surface area contributed by atoms with E-state index < -0.39 is 0 Å². The SMILES string of the molecule is CCC(N)c1cn(CC2CCCCO2)nn1. The van der Waals surface area contributed by atoms with Crippen LogP contribution in [0.25, 0.3) is 0 Å². The lowest BCUT2D eigenvalue weighted by atomic mass is 10.1. The Hall–Kier alpha value is -0.940. The monoisotopic (exact) mass is 224 g/mol. The van der Waals surface area contributed by atoms with E-state index >= 15 is 0 Å². The summed E-state index contributed by atoms with van der Waals surface area (Å²) in [6.45, 7) is 3.72. The molecule has 2 rings (SSSR count).